The zero-order valence-electron chi connectivity index (χ0n) is 11.4. The lowest BCUT2D eigenvalue weighted by Crippen LogP contribution is -2.43. The minimum Gasteiger partial charge on any atom is -0.479 e. The molecule has 1 aliphatic rings. The standard InChI is InChI=1S/C13H21N3O3/c1-9-3-5-10(6-4-9)15-13(17)14-8-11-7-12(18-2)16-19-11/h7,9-10H,3-6,8H2,1-2H3,(H2,14,15,17). The van der Waals surface area contributed by atoms with Gasteiger partial charge in [-0.1, -0.05) is 6.92 Å². The minimum atomic E-state index is -0.157. The van der Waals surface area contributed by atoms with E-state index in [1.165, 1.54) is 20.0 Å². The summed E-state index contributed by atoms with van der Waals surface area (Å²) in [4.78, 5) is 11.7. The maximum atomic E-state index is 11.7. The van der Waals surface area contributed by atoms with Crippen molar-refractivity contribution in [2.24, 2.45) is 5.92 Å². The van der Waals surface area contributed by atoms with Crippen LogP contribution in [-0.2, 0) is 6.54 Å². The summed E-state index contributed by atoms with van der Waals surface area (Å²) in [5.74, 6) is 1.77. The normalized spacial score (nSPS) is 22.8. The SMILES string of the molecule is COc1cc(CNC(=O)NC2CCC(C)CC2)on1. The molecule has 0 atom stereocenters. The van der Waals surface area contributed by atoms with Crippen LogP contribution in [0.1, 0.15) is 38.4 Å². The largest absolute Gasteiger partial charge is 0.479 e. The molecule has 1 saturated carbocycles. The van der Waals surface area contributed by atoms with Gasteiger partial charge in [-0.25, -0.2) is 4.79 Å². The molecule has 1 aromatic heterocycles. The van der Waals surface area contributed by atoms with Gasteiger partial charge in [-0.2, -0.15) is 0 Å². The van der Waals surface area contributed by atoms with Crippen LogP contribution in [0.25, 0.3) is 0 Å². The van der Waals surface area contributed by atoms with Crippen molar-refractivity contribution >= 4 is 6.03 Å². The molecule has 0 unspecified atom stereocenters. The summed E-state index contributed by atoms with van der Waals surface area (Å²) in [6, 6.07) is 1.79. The van der Waals surface area contributed by atoms with Crippen LogP contribution in [0, 0.1) is 5.92 Å². The molecule has 0 radical (unpaired) electrons. The van der Waals surface area contributed by atoms with E-state index in [0.29, 0.717) is 24.2 Å². The Balaban J connectivity index is 1.69. The highest BCUT2D eigenvalue weighted by molar-refractivity contribution is 5.74. The molecule has 1 aliphatic carbocycles. The second-order valence-corrected chi connectivity index (χ2v) is 5.12. The molecule has 2 rings (SSSR count). The first kappa shape index (κ1) is 13.7. The Morgan fingerprint density at radius 3 is 2.84 bits per heavy atom. The molecule has 6 heteroatoms. The van der Waals surface area contributed by atoms with Crippen molar-refractivity contribution in [1.29, 1.82) is 0 Å². The van der Waals surface area contributed by atoms with Crippen molar-refractivity contribution in [2.45, 2.75) is 45.2 Å². The number of hydrogen-bond acceptors (Lipinski definition) is 4. The minimum absolute atomic E-state index is 0.157. The van der Waals surface area contributed by atoms with E-state index < -0.39 is 0 Å². The number of urea groups is 1. The number of carbonyl (C=O) groups is 1. The maximum Gasteiger partial charge on any atom is 0.315 e. The summed E-state index contributed by atoms with van der Waals surface area (Å²) < 4.78 is 9.89. The van der Waals surface area contributed by atoms with E-state index in [4.69, 9.17) is 9.26 Å². The fraction of sp³-hybridized carbons (Fsp3) is 0.692. The number of rotatable bonds is 4. The molecule has 6 nitrogen and oxygen atoms in total. The van der Waals surface area contributed by atoms with Crippen molar-refractivity contribution < 1.29 is 14.1 Å². The third-order valence-corrected chi connectivity index (χ3v) is 3.52. The van der Waals surface area contributed by atoms with Gasteiger partial charge in [0.2, 0.25) is 0 Å². The van der Waals surface area contributed by atoms with E-state index in [2.05, 4.69) is 22.7 Å². The number of nitrogens with one attached hydrogen (secondary N) is 2. The van der Waals surface area contributed by atoms with Crippen molar-refractivity contribution in [1.82, 2.24) is 15.8 Å². The number of aromatic nitrogens is 1. The molecule has 0 spiro atoms. The summed E-state index contributed by atoms with van der Waals surface area (Å²) in [6.07, 6.45) is 4.49. The van der Waals surface area contributed by atoms with Crippen LogP contribution in [0.2, 0.25) is 0 Å². The Bertz CT molecular complexity index is 411. The Hall–Kier alpha value is -1.72. The molecule has 106 valence electrons. The second-order valence-electron chi connectivity index (χ2n) is 5.12. The molecule has 0 saturated heterocycles. The van der Waals surface area contributed by atoms with E-state index in [9.17, 15) is 4.79 Å². The first-order valence-corrected chi connectivity index (χ1v) is 6.71. The monoisotopic (exact) mass is 267 g/mol. The lowest BCUT2D eigenvalue weighted by Gasteiger charge is -2.26. The van der Waals surface area contributed by atoms with Gasteiger partial charge in [0.1, 0.15) is 0 Å². The molecule has 0 bridgehead atoms. The quantitative estimate of drug-likeness (QED) is 0.875. The first-order chi connectivity index (χ1) is 9.17. The highest BCUT2D eigenvalue weighted by atomic mass is 16.5. The second kappa shape index (κ2) is 6.45. The van der Waals surface area contributed by atoms with Crippen LogP contribution in [0.15, 0.2) is 10.6 Å². The highest BCUT2D eigenvalue weighted by Crippen LogP contribution is 2.23. The number of nitrogens with zero attached hydrogens (tertiary/aromatic N) is 1. The van der Waals surface area contributed by atoms with E-state index in [1.807, 2.05) is 0 Å². The summed E-state index contributed by atoms with van der Waals surface area (Å²) in [5, 5.41) is 9.41. The summed E-state index contributed by atoms with van der Waals surface area (Å²) in [5.41, 5.74) is 0. The van der Waals surface area contributed by atoms with Gasteiger partial charge in [0.25, 0.3) is 5.88 Å². The Labute approximate surface area is 112 Å². The van der Waals surface area contributed by atoms with Crippen molar-refractivity contribution in [3.8, 4) is 5.88 Å². The molecule has 19 heavy (non-hydrogen) atoms. The molecule has 1 fully saturated rings. The number of methoxy groups -OCH3 is 1. The van der Waals surface area contributed by atoms with Crippen LogP contribution in [0.4, 0.5) is 4.79 Å². The topological polar surface area (TPSA) is 76.4 Å². The molecule has 1 heterocycles. The molecule has 2 N–H and O–H groups in total. The first-order valence-electron chi connectivity index (χ1n) is 6.71. The third-order valence-electron chi connectivity index (χ3n) is 3.52. The van der Waals surface area contributed by atoms with Gasteiger partial charge in [0.15, 0.2) is 5.76 Å². The van der Waals surface area contributed by atoms with Gasteiger partial charge < -0.3 is 19.9 Å². The van der Waals surface area contributed by atoms with Crippen LogP contribution >= 0.6 is 0 Å². The van der Waals surface area contributed by atoms with Crippen LogP contribution < -0.4 is 15.4 Å². The smallest absolute Gasteiger partial charge is 0.315 e. The van der Waals surface area contributed by atoms with Gasteiger partial charge in [0.05, 0.1) is 13.7 Å². The van der Waals surface area contributed by atoms with Crippen LogP contribution in [0.5, 0.6) is 5.88 Å². The van der Waals surface area contributed by atoms with E-state index in [0.717, 1.165) is 18.8 Å². The summed E-state index contributed by atoms with van der Waals surface area (Å²) >= 11 is 0. The predicted octanol–water partition coefficient (Wildman–Crippen LogP) is 2.06. The van der Waals surface area contributed by atoms with Gasteiger partial charge in [-0.3, -0.25) is 0 Å². The molecule has 0 aromatic carbocycles. The Kier molecular flexibility index (Phi) is 4.65. The average molecular weight is 267 g/mol. The van der Waals surface area contributed by atoms with E-state index in [-0.39, 0.29) is 6.03 Å². The number of hydrogen-bond donors (Lipinski definition) is 2. The van der Waals surface area contributed by atoms with Crippen molar-refractivity contribution in [2.75, 3.05) is 7.11 Å². The van der Waals surface area contributed by atoms with Gasteiger partial charge in [0, 0.05) is 12.1 Å². The van der Waals surface area contributed by atoms with Crippen LogP contribution in [0.3, 0.4) is 0 Å². The van der Waals surface area contributed by atoms with E-state index >= 15 is 0 Å². The lowest BCUT2D eigenvalue weighted by molar-refractivity contribution is 0.226. The zero-order valence-corrected chi connectivity index (χ0v) is 11.4. The van der Waals surface area contributed by atoms with Gasteiger partial charge in [-0.15, -0.1) is 0 Å². The summed E-state index contributed by atoms with van der Waals surface area (Å²) in [7, 11) is 1.52. The lowest BCUT2D eigenvalue weighted by atomic mass is 9.87. The highest BCUT2D eigenvalue weighted by Gasteiger charge is 2.19. The Morgan fingerprint density at radius 1 is 1.47 bits per heavy atom. The molecule has 2 amide bonds. The van der Waals surface area contributed by atoms with Crippen LogP contribution in [-0.4, -0.2) is 24.3 Å². The van der Waals surface area contributed by atoms with Crippen molar-refractivity contribution in [3.05, 3.63) is 11.8 Å². The summed E-state index contributed by atoms with van der Waals surface area (Å²) in [6.45, 7) is 2.57. The van der Waals surface area contributed by atoms with Gasteiger partial charge in [-0.05, 0) is 36.8 Å². The molecular formula is C13H21N3O3. The van der Waals surface area contributed by atoms with E-state index in [1.54, 1.807) is 6.07 Å². The molecule has 0 aliphatic heterocycles. The maximum absolute atomic E-state index is 11.7. The number of carbonyl (C=O) groups excluding carboxylic acids is 1. The number of ether oxygens (including phenoxy) is 1. The average Bonchev–Trinajstić information content (AvgIpc) is 2.87. The predicted molar refractivity (Wildman–Crippen MR) is 69.8 cm³/mol. The molecule has 1 aromatic rings. The fourth-order valence-electron chi connectivity index (χ4n) is 2.28. The zero-order chi connectivity index (χ0) is 13.7. The molecular weight excluding hydrogens is 246 g/mol. The van der Waals surface area contributed by atoms with Gasteiger partial charge >= 0.3 is 6.03 Å². The third kappa shape index (κ3) is 4.15. The fourth-order valence-corrected chi connectivity index (χ4v) is 2.28. The number of amides is 2. The van der Waals surface area contributed by atoms with Crippen molar-refractivity contribution in [3.63, 3.8) is 0 Å². The Morgan fingerprint density at radius 2 is 2.21 bits per heavy atom.